The largest absolute Gasteiger partial charge is 0.299 e. The number of carbonyl (C=O) groups excluding carboxylic acids is 1. The molecule has 1 saturated carbocycles. The van der Waals surface area contributed by atoms with Crippen molar-refractivity contribution in [2.75, 3.05) is 0 Å². The molecule has 0 bridgehead atoms. The zero-order valence-corrected chi connectivity index (χ0v) is 11.3. The first kappa shape index (κ1) is 13.5. The van der Waals surface area contributed by atoms with Crippen LogP contribution >= 0.6 is 0 Å². The molecule has 0 amide bonds. The Morgan fingerprint density at radius 2 is 2.19 bits per heavy atom. The normalized spacial score (nSPS) is 33.2. The van der Waals surface area contributed by atoms with Crippen molar-refractivity contribution in [3.63, 3.8) is 0 Å². The van der Waals surface area contributed by atoms with Gasteiger partial charge in [-0.25, -0.2) is 0 Å². The topological polar surface area (TPSA) is 17.1 Å². The van der Waals surface area contributed by atoms with E-state index in [4.69, 9.17) is 0 Å². The van der Waals surface area contributed by atoms with E-state index in [2.05, 4.69) is 34.3 Å². The van der Waals surface area contributed by atoms with Crippen LogP contribution in [-0.4, -0.2) is 5.78 Å². The quantitative estimate of drug-likeness (QED) is 0.512. The monoisotopic (exact) mass is 222 g/mol. The Kier molecular flexibility index (Phi) is 4.35. The van der Waals surface area contributed by atoms with Crippen LogP contribution in [-0.2, 0) is 4.79 Å². The number of carbonyl (C=O) groups is 1. The van der Waals surface area contributed by atoms with E-state index >= 15 is 0 Å². The number of ketones is 1. The maximum atomic E-state index is 12.3. The second-order valence-electron chi connectivity index (χ2n) is 6.09. The van der Waals surface area contributed by atoms with Gasteiger partial charge in [0.1, 0.15) is 5.78 Å². The molecule has 0 aliphatic heterocycles. The molecule has 0 saturated heterocycles. The predicted octanol–water partition coefficient (Wildman–Crippen LogP) is 4.37. The van der Waals surface area contributed by atoms with Crippen molar-refractivity contribution in [1.29, 1.82) is 0 Å². The van der Waals surface area contributed by atoms with Crippen molar-refractivity contribution < 1.29 is 4.79 Å². The summed E-state index contributed by atoms with van der Waals surface area (Å²) in [5, 5.41) is 0. The summed E-state index contributed by atoms with van der Waals surface area (Å²) < 4.78 is 0. The molecule has 0 aromatic rings. The van der Waals surface area contributed by atoms with Gasteiger partial charge < -0.3 is 0 Å². The van der Waals surface area contributed by atoms with Crippen molar-refractivity contribution in [2.45, 2.75) is 59.8 Å². The summed E-state index contributed by atoms with van der Waals surface area (Å²) in [6.07, 6.45) is 5.09. The second-order valence-corrected chi connectivity index (χ2v) is 6.09. The molecule has 1 rings (SSSR count). The minimum atomic E-state index is -0.107. The summed E-state index contributed by atoms with van der Waals surface area (Å²) in [6, 6.07) is 0. The van der Waals surface area contributed by atoms with E-state index in [0.717, 1.165) is 25.7 Å². The van der Waals surface area contributed by atoms with Gasteiger partial charge in [0.25, 0.3) is 0 Å². The lowest BCUT2D eigenvalue weighted by Gasteiger charge is -2.33. The molecule has 1 aliphatic carbocycles. The van der Waals surface area contributed by atoms with Gasteiger partial charge in [0.2, 0.25) is 0 Å². The maximum absolute atomic E-state index is 12.3. The molecule has 1 unspecified atom stereocenters. The highest BCUT2D eigenvalue weighted by molar-refractivity contribution is 5.85. The van der Waals surface area contributed by atoms with Crippen molar-refractivity contribution in [2.24, 2.45) is 17.3 Å². The molecule has 16 heavy (non-hydrogen) atoms. The van der Waals surface area contributed by atoms with Crippen molar-refractivity contribution in [3.8, 4) is 0 Å². The molecule has 0 aromatic carbocycles. The fraction of sp³-hybridized carbons (Fsp3) is 0.800. The molecular formula is C15H26O. The molecule has 1 aliphatic rings. The smallest absolute Gasteiger partial charge is 0.139 e. The number of rotatable bonds is 3. The van der Waals surface area contributed by atoms with Gasteiger partial charge in [0, 0.05) is 11.8 Å². The maximum Gasteiger partial charge on any atom is 0.139 e. The van der Waals surface area contributed by atoms with Crippen molar-refractivity contribution >= 4 is 5.78 Å². The van der Waals surface area contributed by atoms with Gasteiger partial charge in [0.15, 0.2) is 0 Å². The summed E-state index contributed by atoms with van der Waals surface area (Å²) in [5.74, 6) is 1.62. The first-order valence-corrected chi connectivity index (χ1v) is 6.54. The van der Waals surface area contributed by atoms with Crippen LogP contribution in [0.25, 0.3) is 0 Å². The zero-order valence-electron chi connectivity index (χ0n) is 11.3. The zero-order chi connectivity index (χ0) is 12.3. The first-order chi connectivity index (χ1) is 7.36. The summed E-state index contributed by atoms with van der Waals surface area (Å²) in [7, 11) is 0. The van der Waals surface area contributed by atoms with Gasteiger partial charge >= 0.3 is 0 Å². The van der Waals surface area contributed by atoms with Crippen LogP contribution in [0.2, 0.25) is 0 Å². The van der Waals surface area contributed by atoms with Crippen LogP contribution in [0.5, 0.6) is 0 Å². The van der Waals surface area contributed by atoms with Crippen molar-refractivity contribution in [3.05, 3.63) is 12.2 Å². The average Bonchev–Trinajstić information content (AvgIpc) is 2.32. The number of hydrogen-bond acceptors (Lipinski definition) is 1. The number of allylic oxidation sites excluding steroid dienone is 1. The van der Waals surface area contributed by atoms with E-state index < -0.39 is 0 Å². The Labute approximate surface area is 100 Å². The standard InChI is InChI=1S/C15H26O/c1-11(2)10-13(4)15(5)9-8-12(3)6-7-14(15)16/h12-13H,1,6-10H2,2-5H3/t12?,13-,15+/m1/s1. The Balaban J connectivity index is 2.79. The van der Waals surface area contributed by atoms with E-state index in [1.165, 1.54) is 12.0 Å². The first-order valence-electron chi connectivity index (χ1n) is 6.54. The molecule has 0 aromatic heterocycles. The lowest BCUT2D eigenvalue weighted by molar-refractivity contribution is -0.130. The third-order valence-corrected chi connectivity index (χ3v) is 4.40. The van der Waals surface area contributed by atoms with E-state index in [9.17, 15) is 4.79 Å². The summed E-state index contributed by atoms with van der Waals surface area (Å²) in [6.45, 7) is 12.7. The summed E-state index contributed by atoms with van der Waals surface area (Å²) in [5.41, 5.74) is 1.09. The minimum Gasteiger partial charge on any atom is -0.299 e. The predicted molar refractivity (Wildman–Crippen MR) is 69.3 cm³/mol. The van der Waals surface area contributed by atoms with E-state index in [0.29, 0.717) is 17.6 Å². The molecular weight excluding hydrogens is 196 g/mol. The molecule has 0 radical (unpaired) electrons. The van der Waals surface area contributed by atoms with Crippen LogP contribution in [0.1, 0.15) is 59.8 Å². The van der Waals surface area contributed by atoms with Crippen molar-refractivity contribution in [1.82, 2.24) is 0 Å². The Morgan fingerprint density at radius 3 is 2.75 bits per heavy atom. The molecule has 1 heteroatoms. The average molecular weight is 222 g/mol. The van der Waals surface area contributed by atoms with Gasteiger partial charge in [-0.1, -0.05) is 26.3 Å². The summed E-state index contributed by atoms with van der Waals surface area (Å²) >= 11 is 0. The lowest BCUT2D eigenvalue weighted by Crippen LogP contribution is -2.33. The third-order valence-electron chi connectivity index (χ3n) is 4.40. The van der Waals surface area contributed by atoms with E-state index in [-0.39, 0.29) is 5.41 Å². The number of hydrogen-bond donors (Lipinski definition) is 0. The van der Waals surface area contributed by atoms with Gasteiger partial charge in [-0.3, -0.25) is 4.79 Å². The SMILES string of the molecule is C=C(C)C[C@@H](C)[C@]1(C)CCC(C)CCC1=O. The highest BCUT2D eigenvalue weighted by atomic mass is 16.1. The highest BCUT2D eigenvalue weighted by Gasteiger charge is 2.39. The molecule has 0 spiro atoms. The third kappa shape index (κ3) is 2.96. The Morgan fingerprint density at radius 1 is 1.56 bits per heavy atom. The van der Waals surface area contributed by atoms with Gasteiger partial charge in [-0.2, -0.15) is 0 Å². The molecule has 0 heterocycles. The highest BCUT2D eigenvalue weighted by Crippen LogP contribution is 2.42. The molecule has 92 valence electrons. The summed E-state index contributed by atoms with van der Waals surface area (Å²) in [4.78, 5) is 12.3. The number of Topliss-reactive ketones (excluding diaryl/α,β-unsaturated/α-hetero) is 1. The Bertz CT molecular complexity index is 279. The minimum absolute atomic E-state index is 0.107. The van der Waals surface area contributed by atoms with Gasteiger partial charge in [0.05, 0.1) is 0 Å². The fourth-order valence-corrected chi connectivity index (χ4v) is 2.76. The van der Waals surface area contributed by atoms with E-state index in [1.54, 1.807) is 0 Å². The molecule has 3 atom stereocenters. The molecule has 1 fully saturated rings. The van der Waals surface area contributed by atoms with Gasteiger partial charge in [-0.15, -0.1) is 6.58 Å². The lowest BCUT2D eigenvalue weighted by atomic mass is 9.69. The molecule has 1 nitrogen and oxygen atoms in total. The van der Waals surface area contributed by atoms with Crippen LogP contribution in [0.15, 0.2) is 12.2 Å². The van der Waals surface area contributed by atoms with Crippen LogP contribution in [0.3, 0.4) is 0 Å². The van der Waals surface area contributed by atoms with Crippen LogP contribution in [0, 0.1) is 17.3 Å². The second kappa shape index (κ2) is 5.16. The fourth-order valence-electron chi connectivity index (χ4n) is 2.76. The Hall–Kier alpha value is -0.590. The molecule has 0 N–H and O–H groups in total. The van der Waals surface area contributed by atoms with Crippen LogP contribution in [0.4, 0.5) is 0 Å². The van der Waals surface area contributed by atoms with E-state index in [1.807, 2.05) is 0 Å². The van der Waals surface area contributed by atoms with Gasteiger partial charge in [-0.05, 0) is 44.4 Å². The van der Waals surface area contributed by atoms with Crippen LogP contribution < -0.4 is 0 Å².